The topological polar surface area (TPSA) is 57.6 Å². The highest BCUT2D eigenvalue weighted by Crippen LogP contribution is 2.34. The number of nitrogens with zero attached hydrogens (tertiary/aromatic N) is 1. The van der Waals surface area contributed by atoms with Crippen LogP contribution in [-0.2, 0) is 9.59 Å². The van der Waals surface area contributed by atoms with E-state index in [4.69, 9.17) is 17.3 Å². The van der Waals surface area contributed by atoms with Gasteiger partial charge in [0.2, 0.25) is 0 Å². The van der Waals surface area contributed by atoms with Crippen molar-refractivity contribution in [2.75, 3.05) is 0 Å². The Balaban J connectivity index is 2.28. The number of hydrogen-bond acceptors (Lipinski definition) is 4. The minimum absolute atomic E-state index is 0.272. The second-order valence-electron chi connectivity index (χ2n) is 4.12. The zero-order valence-electron chi connectivity index (χ0n) is 10.4. The van der Waals surface area contributed by atoms with Crippen LogP contribution >= 0.6 is 39.9 Å². The number of thioether (sulfide) groups is 1. The number of carbonyl (C=O) groups is 2. The second kappa shape index (κ2) is 6.07. The summed E-state index contributed by atoms with van der Waals surface area (Å²) in [4.78, 5) is 24.8. The van der Waals surface area contributed by atoms with Gasteiger partial charge in [-0.15, -0.1) is 0 Å². The minimum atomic E-state index is -1.08. The molecule has 0 aliphatic carbocycles. The monoisotopic (exact) mass is 371 g/mol. The quantitative estimate of drug-likeness (QED) is 0.653. The molecule has 0 bridgehead atoms. The van der Waals surface area contributed by atoms with Crippen LogP contribution in [0, 0.1) is 0 Å². The SMILES string of the molecule is C[C@H](C(=O)O)N1C(=O)/C(=C\c2ccc(Br)cc2)SC1=S. The molecular weight excluding hydrogens is 362 g/mol. The number of hydrogen-bond donors (Lipinski definition) is 1. The van der Waals surface area contributed by atoms with E-state index in [1.54, 1.807) is 6.08 Å². The van der Waals surface area contributed by atoms with Crippen LogP contribution in [0.2, 0.25) is 0 Å². The molecule has 7 heteroatoms. The lowest BCUT2D eigenvalue weighted by molar-refractivity contribution is -0.144. The Morgan fingerprint density at radius 3 is 2.60 bits per heavy atom. The summed E-state index contributed by atoms with van der Waals surface area (Å²) in [5, 5.41) is 9.00. The van der Waals surface area contributed by atoms with Crippen molar-refractivity contribution in [3.8, 4) is 0 Å². The lowest BCUT2D eigenvalue weighted by Crippen LogP contribution is -2.41. The number of thiocarbonyl (C=S) groups is 1. The summed E-state index contributed by atoms with van der Waals surface area (Å²) in [6, 6.07) is 6.49. The van der Waals surface area contributed by atoms with Gasteiger partial charge < -0.3 is 5.11 Å². The Morgan fingerprint density at radius 1 is 1.45 bits per heavy atom. The summed E-state index contributed by atoms with van der Waals surface area (Å²) < 4.78 is 1.22. The second-order valence-corrected chi connectivity index (χ2v) is 6.71. The third-order valence-corrected chi connectivity index (χ3v) is 4.60. The fourth-order valence-corrected chi connectivity index (χ4v) is 3.32. The molecule has 1 atom stereocenters. The molecule has 0 saturated carbocycles. The Morgan fingerprint density at radius 2 is 2.05 bits per heavy atom. The van der Waals surface area contributed by atoms with Crippen LogP contribution in [0.5, 0.6) is 0 Å². The molecule has 0 spiro atoms. The summed E-state index contributed by atoms with van der Waals surface area (Å²) in [7, 11) is 0. The highest BCUT2D eigenvalue weighted by atomic mass is 79.9. The molecule has 0 radical (unpaired) electrons. The summed E-state index contributed by atoms with van der Waals surface area (Å²) in [5.41, 5.74) is 0.858. The first-order valence-corrected chi connectivity index (χ1v) is 7.67. The minimum Gasteiger partial charge on any atom is -0.480 e. The number of carbonyl (C=O) groups excluding carboxylic acids is 1. The maximum absolute atomic E-state index is 12.2. The maximum Gasteiger partial charge on any atom is 0.326 e. The lowest BCUT2D eigenvalue weighted by atomic mass is 10.2. The van der Waals surface area contributed by atoms with Crippen molar-refractivity contribution in [1.82, 2.24) is 4.90 Å². The fraction of sp³-hybridized carbons (Fsp3) is 0.154. The van der Waals surface area contributed by atoms with Gasteiger partial charge in [-0.25, -0.2) is 4.79 Å². The number of amides is 1. The van der Waals surface area contributed by atoms with Gasteiger partial charge in [0.05, 0.1) is 4.91 Å². The van der Waals surface area contributed by atoms with Crippen molar-refractivity contribution >= 4 is 62.2 Å². The molecule has 104 valence electrons. The van der Waals surface area contributed by atoms with Crippen LogP contribution in [-0.4, -0.2) is 32.2 Å². The standard InChI is InChI=1S/C13H10BrNO3S2/c1-7(12(17)18)15-11(16)10(20-13(15)19)6-8-2-4-9(14)5-3-8/h2-7H,1H3,(H,17,18)/b10-6+/t7-/m1/s1. The molecule has 1 N–H and O–H groups in total. The van der Waals surface area contributed by atoms with Crippen LogP contribution in [0.4, 0.5) is 0 Å². The zero-order chi connectivity index (χ0) is 14.9. The highest BCUT2D eigenvalue weighted by Gasteiger charge is 2.38. The fourth-order valence-electron chi connectivity index (χ4n) is 1.63. The van der Waals surface area contributed by atoms with E-state index in [2.05, 4.69) is 15.9 Å². The molecule has 0 aromatic heterocycles. The van der Waals surface area contributed by atoms with Crippen molar-refractivity contribution in [2.45, 2.75) is 13.0 Å². The molecule has 20 heavy (non-hydrogen) atoms. The molecule has 1 aliphatic rings. The van der Waals surface area contributed by atoms with Crippen molar-refractivity contribution in [1.29, 1.82) is 0 Å². The zero-order valence-corrected chi connectivity index (χ0v) is 13.6. The maximum atomic E-state index is 12.2. The Labute approximate surface area is 134 Å². The highest BCUT2D eigenvalue weighted by molar-refractivity contribution is 9.10. The molecule has 2 rings (SSSR count). The molecule has 1 heterocycles. The van der Waals surface area contributed by atoms with E-state index < -0.39 is 12.0 Å². The van der Waals surface area contributed by atoms with Crippen LogP contribution in [0.15, 0.2) is 33.6 Å². The number of aliphatic carboxylic acids is 1. The normalized spacial score (nSPS) is 18.7. The van der Waals surface area contributed by atoms with Gasteiger partial charge >= 0.3 is 5.97 Å². The molecule has 1 saturated heterocycles. The van der Waals surface area contributed by atoms with Crippen LogP contribution < -0.4 is 0 Å². The Hall–Kier alpha value is -1.18. The predicted octanol–water partition coefficient (Wildman–Crippen LogP) is 3.12. The number of carboxylic acid groups (broad SMARTS) is 1. The molecule has 1 aromatic rings. The van der Waals surface area contributed by atoms with Gasteiger partial charge in [0.15, 0.2) is 0 Å². The van der Waals surface area contributed by atoms with Crippen molar-refractivity contribution in [3.05, 3.63) is 39.2 Å². The van der Waals surface area contributed by atoms with E-state index in [1.807, 2.05) is 24.3 Å². The van der Waals surface area contributed by atoms with Crippen molar-refractivity contribution in [2.24, 2.45) is 0 Å². The predicted molar refractivity (Wildman–Crippen MR) is 86.3 cm³/mol. The van der Waals surface area contributed by atoms with Crippen molar-refractivity contribution < 1.29 is 14.7 Å². The van der Waals surface area contributed by atoms with Crippen LogP contribution in [0.1, 0.15) is 12.5 Å². The van der Waals surface area contributed by atoms with Gasteiger partial charge in [0.25, 0.3) is 5.91 Å². The third-order valence-electron chi connectivity index (χ3n) is 2.74. The first kappa shape index (κ1) is 15.2. The van der Waals surface area contributed by atoms with E-state index in [0.29, 0.717) is 4.91 Å². The number of halogens is 1. The molecule has 1 amide bonds. The van der Waals surface area contributed by atoms with E-state index in [1.165, 1.54) is 6.92 Å². The van der Waals surface area contributed by atoms with E-state index in [0.717, 1.165) is 26.7 Å². The molecule has 1 aliphatic heterocycles. The van der Waals surface area contributed by atoms with Crippen LogP contribution in [0.3, 0.4) is 0 Å². The van der Waals surface area contributed by atoms with Gasteiger partial charge in [-0.1, -0.05) is 52.0 Å². The average molecular weight is 372 g/mol. The average Bonchev–Trinajstić information content (AvgIpc) is 2.66. The largest absolute Gasteiger partial charge is 0.480 e. The Kier molecular flexibility index (Phi) is 4.62. The summed E-state index contributed by atoms with van der Waals surface area (Å²) in [6.07, 6.45) is 1.71. The summed E-state index contributed by atoms with van der Waals surface area (Å²) >= 11 is 9.54. The summed E-state index contributed by atoms with van der Waals surface area (Å²) in [5.74, 6) is -1.44. The lowest BCUT2D eigenvalue weighted by Gasteiger charge is -2.18. The first-order chi connectivity index (χ1) is 9.40. The number of rotatable bonds is 3. The Bertz CT molecular complexity index is 613. The molecular formula is C13H10BrNO3S2. The van der Waals surface area contributed by atoms with E-state index in [-0.39, 0.29) is 10.2 Å². The molecule has 0 unspecified atom stereocenters. The van der Waals surface area contributed by atoms with Gasteiger partial charge in [-0.2, -0.15) is 0 Å². The van der Waals surface area contributed by atoms with E-state index >= 15 is 0 Å². The molecule has 4 nitrogen and oxygen atoms in total. The third kappa shape index (κ3) is 3.11. The van der Waals surface area contributed by atoms with Crippen LogP contribution in [0.25, 0.3) is 6.08 Å². The van der Waals surface area contributed by atoms with Gasteiger partial charge in [0, 0.05) is 4.47 Å². The summed E-state index contributed by atoms with van der Waals surface area (Å²) in [6.45, 7) is 1.44. The van der Waals surface area contributed by atoms with Gasteiger partial charge in [-0.05, 0) is 30.7 Å². The van der Waals surface area contributed by atoms with E-state index in [9.17, 15) is 9.59 Å². The molecule has 1 fully saturated rings. The number of carboxylic acids is 1. The first-order valence-electron chi connectivity index (χ1n) is 5.65. The molecule has 1 aromatic carbocycles. The smallest absolute Gasteiger partial charge is 0.326 e. The van der Waals surface area contributed by atoms with Gasteiger partial charge in [0.1, 0.15) is 10.4 Å². The van der Waals surface area contributed by atoms with Gasteiger partial charge in [-0.3, -0.25) is 9.69 Å². The number of benzene rings is 1. The van der Waals surface area contributed by atoms with Crippen molar-refractivity contribution in [3.63, 3.8) is 0 Å².